The van der Waals surface area contributed by atoms with Gasteiger partial charge in [-0.3, -0.25) is 0 Å². The highest BCUT2D eigenvalue weighted by atomic mass is 14.9. The van der Waals surface area contributed by atoms with Gasteiger partial charge in [-0.25, -0.2) is 0 Å². The highest BCUT2D eigenvalue weighted by Gasteiger charge is 2.10. The van der Waals surface area contributed by atoms with Crippen molar-refractivity contribution >= 4 is 10.8 Å². The summed E-state index contributed by atoms with van der Waals surface area (Å²) >= 11 is 0. The van der Waals surface area contributed by atoms with Crippen molar-refractivity contribution in [1.29, 1.82) is 0 Å². The van der Waals surface area contributed by atoms with Gasteiger partial charge in [-0.1, -0.05) is 63.2 Å². The zero-order valence-corrected chi connectivity index (χ0v) is 12.3. The van der Waals surface area contributed by atoms with Crippen LogP contribution in [-0.4, -0.2) is 12.6 Å². The van der Waals surface area contributed by atoms with Crippen LogP contribution in [0.2, 0.25) is 0 Å². The first kappa shape index (κ1) is 14.1. The fourth-order valence-electron chi connectivity index (χ4n) is 2.75. The Bertz CT molecular complexity index is 516. The summed E-state index contributed by atoms with van der Waals surface area (Å²) in [5.41, 5.74) is 1.44. The molecule has 19 heavy (non-hydrogen) atoms. The van der Waals surface area contributed by atoms with Gasteiger partial charge in [0.2, 0.25) is 0 Å². The first-order valence-corrected chi connectivity index (χ1v) is 7.40. The van der Waals surface area contributed by atoms with Crippen LogP contribution in [0.4, 0.5) is 0 Å². The Labute approximate surface area is 117 Å². The normalized spacial score (nSPS) is 13.1. The number of benzene rings is 2. The summed E-state index contributed by atoms with van der Waals surface area (Å²) in [4.78, 5) is 0. The zero-order chi connectivity index (χ0) is 13.7. The second-order valence-electron chi connectivity index (χ2n) is 5.77. The molecule has 102 valence electrons. The van der Waals surface area contributed by atoms with Gasteiger partial charge < -0.3 is 5.32 Å². The minimum Gasteiger partial charge on any atom is -0.314 e. The molecule has 0 bridgehead atoms. The summed E-state index contributed by atoms with van der Waals surface area (Å²) in [6.07, 6.45) is 2.36. The molecule has 1 N–H and O–H groups in total. The van der Waals surface area contributed by atoms with E-state index in [0.717, 1.165) is 18.9 Å². The van der Waals surface area contributed by atoms with Gasteiger partial charge in [-0.05, 0) is 41.6 Å². The molecule has 0 aromatic heterocycles. The smallest absolute Gasteiger partial charge is 0.0110 e. The standard InChI is InChI=1S/C18H25N/c1-4-19-18(11-14(2)3)13-15-9-10-16-7-5-6-8-17(16)12-15/h5-10,12,14,18-19H,4,11,13H2,1-3H3. The molecular formula is C18H25N. The third-order valence-corrected chi connectivity index (χ3v) is 3.54. The number of nitrogens with one attached hydrogen (secondary N) is 1. The van der Waals surface area contributed by atoms with Crippen LogP contribution in [-0.2, 0) is 6.42 Å². The van der Waals surface area contributed by atoms with Crippen molar-refractivity contribution in [3.63, 3.8) is 0 Å². The van der Waals surface area contributed by atoms with E-state index in [0.29, 0.717) is 6.04 Å². The molecule has 0 radical (unpaired) electrons. The maximum absolute atomic E-state index is 3.61. The summed E-state index contributed by atoms with van der Waals surface area (Å²) in [6.45, 7) is 7.83. The quantitative estimate of drug-likeness (QED) is 0.806. The van der Waals surface area contributed by atoms with Crippen LogP contribution in [0.5, 0.6) is 0 Å². The van der Waals surface area contributed by atoms with E-state index in [2.05, 4.69) is 68.6 Å². The number of likely N-dealkylation sites (N-methyl/N-ethyl adjacent to an activating group) is 1. The van der Waals surface area contributed by atoms with E-state index in [1.54, 1.807) is 0 Å². The average Bonchev–Trinajstić information content (AvgIpc) is 2.38. The van der Waals surface area contributed by atoms with Crippen molar-refractivity contribution in [2.24, 2.45) is 5.92 Å². The van der Waals surface area contributed by atoms with Gasteiger partial charge in [0.25, 0.3) is 0 Å². The molecule has 0 spiro atoms. The molecule has 0 saturated carbocycles. The Balaban J connectivity index is 2.13. The number of hydrogen-bond acceptors (Lipinski definition) is 1. The average molecular weight is 255 g/mol. The molecule has 1 atom stereocenters. The van der Waals surface area contributed by atoms with E-state index in [4.69, 9.17) is 0 Å². The highest BCUT2D eigenvalue weighted by molar-refractivity contribution is 5.82. The number of hydrogen-bond donors (Lipinski definition) is 1. The lowest BCUT2D eigenvalue weighted by Crippen LogP contribution is -2.32. The van der Waals surface area contributed by atoms with Crippen LogP contribution >= 0.6 is 0 Å². The van der Waals surface area contributed by atoms with Gasteiger partial charge in [-0.15, -0.1) is 0 Å². The van der Waals surface area contributed by atoms with Crippen LogP contribution in [0.1, 0.15) is 32.8 Å². The molecule has 0 fully saturated rings. The molecule has 0 heterocycles. The molecule has 1 unspecified atom stereocenters. The van der Waals surface area contributed by atoms with Gasteiger partial charge in [-0.2, -0.15) is 0 Å². The van der Waals surface area contributed by atoms with Crippen LogP contribution in [0.15, 0.2) is 42.5 Å². The van der Waals surface area contributed by atoms with E-state index in [1.165, 1.54) is 22.8 Å². The molecule has 0 aliphatic heterocycles. The predicted octanol–water partition coefficient (Wildman–Crippen LogP) is 4.41. The fourth-order valence-corrected chi connectivity index (χ4v) is 2.75. The van der Waals surface area contributed by atoms with Crippen LogP contribution < -0.4 is 5.32 Å². The second-order valence-corrected chi connectivity index (χ2v) is 5.77. The number of rotatable bonds is 6. The summed E-state index contributed by atoms with van der Waals surface area (Å²) in [5.74, 6) is 0.740. The highest BCUT2D eigenvalue weighted by Crippen LogP contribution is 2.18. The van der Waals surface area contributed by atoms with E-state index < -0.39 is 0 Å². The first-order valence-electron chi connectivity index (χ1n) is 7.40. The van der Waals surface area contributed by atoms with Crippen molar-refractivity contribution in [3.05, 3.63) is 48.0 Å². The topological polar surface area (TPSA) is 12.0 Å². The van der Waals surface area contributed by atoms with Gasteiger partial charge in [0.05, 0.1) is 0 Å². The van der Waals surface area contributed by atoms with Crippen LogP contribution in [0.25, 0.3) is 10.8 Å². The predicted molar refractivity (Wildman–Crippen MR) is 84.6 cm³/mol. The fraction of sp³-hybridized carbons (Fsp3) is 0.444. The molecule has 0 saturated heterocycles. The second kappa shape index (κ2) is 6.72. The summed E-state index contributed by atoms with van der Waals surface area (Å²) in [5, 5.41) is 6.29. The third-order valence-electron chi connectivity index (χ3n) is 3.54. The lowest BCUT2D eigenvalue weighted by atomic mass is 9.96. The van der Waals surface area contributed by atoms with Crippen molar-refractivity contribution in [2.45, 2.75) is 39.7 Å². The molecule has 2 aromatic carbocycles. The van der Waals surface area contributed by atoms with Crippen molar-refractivity contribution in [1.82, 2.24) is 5.32 Å². The summed E-state index contributed by atoms with van der Waals surface area (Å²) < 4.78 is 0. The Kier molecular flexibility index (Phi) is 4.98. The molecule has 0 amide bonds. The van der Waals surface area contributed by atoms with E-state index in [1.807, 2.05) is 0 Å². The largest absolute Gasteiger partial charge is 0.314 e. The van der Waals surface area contributed by atoms with Crippen LogP contribution in [0.3, 0.4) is 0 Å². The Morgan fingerprint density at radius 1 is 1.00 bits per heavy atom. The molecule has 0 aliphatic rings. The molecule has 1 nitrogen and oxygen atoms in total. The molecule has 0 aliphatic carbocycles. The van der Waals surface area contributed by atoms with Crippen LogP contribution in [0, 0.1) is 5.92 Å². The van der Waals surface area contributed by atoms with E-state index in [-0.39, 0.29) is 0 Å². The first-order chi connectivity index (χ1) is 9.19. The monoisotopic (exact) mass is 255 g/mol. The van der Waals surface area contributed by atoms with Gasteiger partial charge in [0, 0.05) is 6.04 Å². The van der Waals surface area contributed by atoms with E-state index >= 15 is 0 Å². The van der Waals surface area contributed by atoms with Gasteiger partial charge in [0.1, 0.15) is 0 Å². The van der Waals surface area contributed by atoms with Crippen molar-refractivity contribution < 1.29 is 0 Å². The Morgan fingerprint density at radius 2 is 1.74 bits per heavy atom. The lowest BCUT2D eigenvalue weighted by molar-refractivity contribution is 0.424. The molecular weight excluding hydrogens is 230 g/mol. The molecule has 2 aromatic rings. The third kappa shape index (κ3) is 4.07. The SMILES string of the molecule is CCNC(Cc1ccc2ccccc2c1)CC(C)C. The van der Waals surface area contributed by atoms with Gasteiger partial charge >= 0.3 is 0 Å². The summed E-state index contributed by atoms with van der Waals surface area (Å²) in [6, 6.07) is 16.0. The molecule has 2 rings (SSSR count). The molecule has 1 heteroatoms. The maximum Gasteiger partial charge on any atom is 0.0110 e. The Hall–Kier alpha value is -1.34. The summed E-state index contributed by atoms with van der Waals surface area (Å²) in [7, 11) is 0. The minimum atomic E-state index is 0.589. The van der Waals surface area contributed by atoms with Crippen molar-refractivity contribution in [3.8, 4) is 0 Å². The van der Waals surface area contributed by atoms with Gasteiger partial charge in [0.15, 0.2) is 0 Å². The minimum absolute atomic E-state index is 0.589. The maximum atomic E-state index is 3.61. The van der Waals surface area contributed by atoms with Crippen molar-refractivity contribution in [2.75, 3.05) is 6.54 Å². The van der Waals surface area contributed by atoms with E-state index in [9.17, 15) is 0 Å². The Morgan fingerprint density at radius 3 is 2.42 bits per heavy atom. The zero-order valence-electron chi connectivity index (χ0n) is 12.3. The number of fused-ring (bicyclic) bond motifs is 1. The lowest BCUT2D eigenvalue weighted by Gasteiger charge is -2.20.